The molecule has 0 spiro atoms. The maximum atomic E-state index is 12.3. The molecule has 0 saturated heterocycles. The average molecular weight is 413 g/mol. The number of nitrogens with one attached hydrogen (secondary N) is 1. The molecule has 0 aromatic heterocycles. The van der Waals surface area contributed by atoms with Crippen molar-refractivity contribution in [2.75, 3.05) is 33.9 Å². The standard InChI is InChI=1S/C24H32N2O4/c1-17-5-8-21-20(13-17)16-26(15-18(2)30-21)12-11-25-24(27)10-7-19-6-9-22(28-3)23(14-19)29-4/h5-6,8-9,13-14,18H,7,10-12,15-16H2,1-4H3,(H,25,27). The van der Waals surface area contributed by atoms with Crippen molar-refractivity contribution in [2.24, 2.45) is 0 Å². The molecule has 1 aliphatic heterocycles. The minimum Gasteiger partial charge on any atom is -0.493 e. The van der Waals surface area contributed by atoms with Crippen molar-refractivity contribution in [2.45, 2.75) is 39.3 Å². The molecule has 3 rings (SSSR count). The Morgan fingerprint density at radius 1 is 1.17 bits per heavy atom. The predicted molar refractivity (Wildman–Crippen MR) is 117 cm³/mol. The lowest BCUT2D eigenvalue weighted by Crippen LogP contribution is -2.37. The fourth-order valence-electron chi connectivity index (χ4n) is 3.78. The van der Waals surface area contributed by atoms with E-state index in [1.807, 2.05) is 18.2 Å². The molecule has 0 radical (unpaired) electrons. The van der Waals surface area contributed by atoms with Gasteiger partial charge in [-0.1, -0.05) is 23.8 Å². The molecule has 0 bridgehead atoms. The Morgan fingerprint density at radius 3 is 2.73 bits per heavy atom. The van der Waals surface area contributed by atoms with Gasteiger partial charge in [-0.15, -0.1) is 0 Å². The number of amides is 1. The molecule has 6 nitrogen and oxygen atoms in total. The summed E-state index contributed by atoms with van der Waals surface area (Å²) in [4.78, 5) is 14.6. The minimum absolute atomic E-state index is 0.0557. The number of nitrogens with zero attached hydrogens (tertiary/aromatic N) is 1. The maximum Gasteiger partial charge on any atom is 0.220 e. The largest absolute Gasteiger partial charge is 0.493 e. The van der Waals surface area contributed by atoms with Gasteiger partial charge in [0.2, 0.25) is 5.91 Å². The second-order valence-corrected chi connectivity index (χ2v) is 7.81. The first-order valence-electron chi connectivity index (χ1n) is 10.4. The molecule has 0 fully saturated rings. The summed E-state index contributed by atoms with van der Waals surface area (Å²) in [6.07, 6.45) is 1.22. The number of benzene rings is 2. The lowest BCUT2D eigenvalue weighted by molar-refractivity contribution is -0.121. The summed E-state index contributed by atoms with van der Waals surface area (Å²) in [5.41, 5.74) is 3.49. The van der Waals surface area contributed by atoms with Crippen LogP contribution < -0.4 is 19.5 Å². The number of fused-ring (bicyclic) bond motifs is 1. The van der Waals surface area contributed by atoms with Crippen LogP contribution >= 0.6 is 0 Å². The highest BCUT2D eigenvalue weighted by Crippen LogP contribution is 2.28. The van der Waals surface area contributed by atoms with Crippen molar-refractivity contribution in [3.05, 3.63) is 53.1 Å². The number of carbonyl (C=O) groups is 1. The predicted octanol–water partition coefficient (Wildman–Crippen LogP) is 3.34. The Hall–Kier alpha value is -2.73. The zero-order valence-corrected chi connectivity index (χ0v) is 18.4. The van der Waals surface area contributed by atoms with E-state index in [4.69, 9.17) is 14.2 Å². The lowest BCUT2D eigenvalue weighted by atomic mass is 10.1. The Kier molecular flexibility index (Phi) is 7.57. The van der Waals surface area contributed by atoms with E-state index in [0.29, 0.717) is 30.9 Å². The number of aryl methyl sites for hydroxylation is 2. The van der Waals surface area contributed by atoms with Crippen molar-refractivity contribution in [3.8, 4) is 17.2 Å². The highest BCUT2D eigenvalue weighted by molar-refractivity contribution is 5.76. The monoisotopic (exact) mass is 412 g/mol. The number of hydrogen-bond acceptors (Lipinski definition) is 5. The summed E-state index contributed by atoms with van der Waals surface area (Å²) >= 11 is 0. The molecule has 0 saturated carbocycles. The second-order valence-electron chi connectivity index (χ2n) is 7.81. The molecule has 1 heterocycles. The third-order valence-electron chi connectivity index (χ3n) is 5.29. The van der Waals surface area contributed by atoms with Crippen molar-refractivity contribution >= 4 is 5.91 Å². The molecule has 2 aromatic carbocycles. The van der Waals surface area contributed by atoms with E-state index in [-0.39, 0.29) is 12.0 Å². The zero-order valence-electron chi connectivity index (χ0n) is 18.4. The van der Waals surface area contributed by atoms with Crippen molar-refractivity contribution in [1.29, 1.82) is 0 Å². The van der Waals surface area contributed by atoms with Crippen LogP contribution in [0.1, 0.15) is 30.0 Å². The summed E-state index contributed by atoms with van der Waals surface area (Å²) in [7, 11) is 3.23. The van der Waals surface area contributed by atoms with E-state index in [1.54, 1.807) is 14.2 Å². The topological polar surface area (TPSA) is 60.0 Å². The molecular formula is C24H32N2O4. The summed E-state index contributed by atoms with van der Waals surface area (Å²) in [5, 5.41) is 3.04. The Labute approximate surface area is 179 Å². The van der Waals surface area contributed by atoms with Crippen LogP contribution in [0, 0.1) is 6.92 Å². The van der Waals surface area contributed by atoms with Gasteiger partial charge in [0.15, 0.2) is 11.5 Å². The quantitative estimate of drug-likeness (QED) is 0.721. The smallest absolute Gasteiger partial charge is 0.220 e. The van der Waals surface area contributed by atoms with Gasteiger partial charge in [-0.05, 0) is 44.0 Å². The average Bonchev–Trinajstić information content (AvgIpc) is 2.89. The number of carbonyl (C=O) groups excluding carboxylic acids is 1. The van der Waals surface area contributed by atoms with Gasteiger partial charge in [-0.3, -0.25) is 9.69 Å². The molecule has 1 atom stereocenters. The first-order valence-corrected chi connectivity index (χ1v) is 10.4. The van der Waals surface area contributed by atoms with Crippen LogP contribution in [0.3, 0.4) is 0 Å². The van der Waals surface area contributed by atoms with Gasteiger partial charge in [-0.25, -0.2) is 0 Å². The minimum atomic E-state index is 0.0557. The highest BCUT2D eigenvalue weighted by Gasteiger charge is 2.20. The zero-order chi connectivity index (χ0) is 21.5. The van der Waals surface area contributed by atoms with Crippen LogP contribution in [0.25, 0.3) is 0 Å². The fourth-order valence-corrected chi connectivity index (χ4v) is 3.78. The third kappa shape index (κ3) is 5.89. The molecule has 162 valence electrons. The first kappa shape index (κ1) is 22.0. The van der Waals surface area contributed by atoms with Crippen LogP contribution in [-0.4, -0.2) is 50.8 Å². The van der Waals surface area contributed by atoms with E-state index in [1.165, 1.54) is 11.1 Å². The summed E-state index contributed by atoms with van der Waals surface area (Å²) in [5.74, 6) is 2.40. The van der Waals surface area contributed by atoms with Crippen LogP contribution in [-0.2, 0) is 17.8 Å². The van der Waals surface area contributed by atoms with Crippen molar-refractivity contribution in [1.82, 2.24) is 10.2 Å². The van der Waals surface area contributed by atoms with Gasteiger partial charge in [-0.2, -0.15) is 0 Å². The maximum absolute atomic E-state index is 12.3. The van der Waals surface area contributed by atoms with E-state index in [0.717, 1.165) is 30.9 Å². The van der Waals surface area contributed by atoms with E-state index in [9.17, 15) is 4.79 Å². The van der Waals surface area contributed by atoms with Crippen LogP contribution in [0.2, 0.25) is 0 Å². The molecule has 6 heteroatoms. The summed E-state index contributed by atoms with van der Waals surface area (Å²) in [6, 6.07) is 12.1. The van der Waals surface area contributed by atoms with Crippen LogP contribution in [0.4, 0.5) is 0 Å². The fraction of sp³-hybridized carbons (Fsp3) is 0.458. The molecule has 0 aliphatic carbocycles. The number of rotatable bonds is 8. The van der Waals surface area contributed by atoms with Gasteiger partial charge in [0.1, 0.15) is 11.9 Å². The SMILES string of the molecule is COc1ccc(CCC(=O)NCCN2Cc3cc(C)ccc3OC(C)C2)cc1OC. The number of hydrogen-bond donors (Lipinski definition) is 1. The Balaban J connectivity index is 1.46. The number of ether oxygens (including phenoxy) is 3. The van der Waals surface area contributed by atoms with Gasteiger partial charge < -0.3 is 19.5 Å². The highest BCUT2D eigenvalue weighted by atomic mass is 16.5. The molecule has 1 unspecified atom stereocenters. The Bertz CT molecular complexity index is 868. The van der Waals surface area contributed by atoms with Crippen molar-refractivity contribution < 1.29 is 19.0 Å². The molecule has 1 aliphatic rings. The normalized spacial score (nSPS) is 16.2. The molecular weight excluding hydrogens is 380 g/mol. The molecule has 30 heavy (non-hydrogen) atoms. The van der Waals surface area contributed by atoms with Gasteiger partial charge >= 0.3 is 0 Å². The van der Waals surface area contributed by atoms with E-state index >= 15 is 0 Å². The summed E-state index contributed by atoms with van der Waals surface area (Å²) in [6.45, 7) is 7.28. The van der Waals surface area contributed by atoms with Crippen LogP contribution in [0.15, 0.2) is 36.4 Å². The molecule has 1 N–H and O–H groups in total. The van der Waals surface area contributed by atoms with E-state index in [2.05, 4.69) is 42.3 Å². The first-order chi connectivity index (χ1) is 14.5. The summed E-state index contributed by atoms with van der Waals surface area (Å²) < 4.78 is 16.6. The molecule has 1 amide bonds. The second kappa shape index (κ2) is 10.3. The van der Waals surface area contributed by atoms with E-state index < -0.39 is 0 Å². The van der Waals surface area contributed by atoms with Crippen molar-refractivity contribution in [3.63, 3.8) is 0 Å². The lowest BCUT2D eigenvalue weighted by Gasteiger charge is -2.22. The van der Waals surface area contributed by atoms with Crippen LogP contribution in [0.5, 0.6) is 17.2 Å². The Morgan fingerprint density at radius 2 is 1.97 bits per heavy atom. The van der Waals surface area contributed by atoms with Gasteiger partial charge in [0, 0.05) is 38.2 Å². The number of methoxy groups -OCH3 is 2. The third-order valence-corrected chi connectivity index (χ3v) is 5.29. The van der Waals surface area contributed by atoms with Gasteiger partial charge in [0.25, 0.3) is 0 Å². The molecule has 2 aromatic rings. The van der Waals surface area contributed by atoms with Gasteiger partial charge in [0.05, 0.1) is 14.2 Å².